The summed E-state index contributed by atoms with van der Waals surface area (Å²) in [7, 11) is 0. The third kappa shape index (κ3) is 2.14. The molecule has 0 saturated heterocycles. The Balaban J connectivity index is 1.85. The summed E-state index contributed by atoms with van der Waals surface area (Å²) in [5.41, 5.74) is 8.88. The van der Waals surface area contributed by atoms with Crippen LogP contribution in [0.5, 0.6) is 0 Å². The predicted octanol–water partition coefficient (Wildman–Crippen LogP) is 2.35. The van der Waals surface area contributed by atoms with E-state index >= 15 is 0 Å². The van der Waals surface area contributed by atoms with Crippen LogP contribution in [0.3, 0.4) is 0 Å². The van der Waals surface area contributed by atoms with Crippen LogP contribution in [0.4, 0.5) is 11.4 Å². The number of carbonyl (C=O) groups is 1. The fourth-order valence-corrected chi connectivity index (χ4v) is 2.56. The molecule has 0 aromatic heterocycles. The Morgan fingerprint density at radius 3 is 3.00 bits per heavy atom. The average molecular weight is 230 g/mol. The molecule has 1 aliphatic heterocycles. The minimum Gasteiger partial charge on any atom is -0.399 e. The maximum atomic E-state index is 12.2. The first-order valence-corrected chi connectivity index (χ1v) is 6.43. The molecule has 90 valence electrons. The smallest absolute Gasteiger partial charge is 0.227 e. The Morgan fingerprint density at radius 2 is 2.24 bits per heavy atom. The third-order valence-electron chi connectivity index (χ3n) is 3.68. The van der Waals surface area contributed by atoms with E-state index in [0.717, 1.165) is 37.2 Å². The van der Waals surface area contributed by atoms with E-state index in [-0.39, 0.29) is 0 Å². The molecule has 0 radical (unpaired) electrons. The van der Waals surface area contributed by atoms with Crippen molar-refractivity contribution in [2.45, 2.75) is 32.1 Å². The number of anilines is 2. The number of fused-ring (bicyclic) bond motifs is 1. The highest BCUT2D eigenvalue weighted by Crippen LogP contribution is 2.35. The van der Waals surface area contributed by atoms with Gasteiger partial charge in [-0.15, -0.1) is 0 Å². The van der Waals surface area contributed by atoms with Gasteiger partial charge in [-0.3, -0.25) is 4.79 Å². The first-order valence-electron chi connectivity index (χ1n) is 6.43. The molecule has 2 N–H and O–H groups in total. The Bertz CT molecular complexity index is 452. The second-order valence-corrected chi connectivity index (χ2v) is 5.18. The normalized spacial score (nSPS) is 18.9. The number of carbonyl (C=O) groups excluding carboxylic acids is 1. The van der Waals surface area contributed by atoms with Gasteiger partial charge in [0, 0.05) is 24.3 Å². The number of hydrogen-bond acceptors (Lipinski definition) is 2. The van der Waals surface area contributed by atoms with Crippen LogP contribution in [0.2, 0.25) is 0 Å². The Labute approximate surface area is 102 Å². The Morgan fingerprint density at radius 1 is 1.41 bits per heavy atom. The molecule has 1 saturated carbocycles. The molecule has 1 fully saturated rings. The van der Waals surface area contributed by atoms with Gasteiger partial charge in [0.25, 0.3) is 0 Å². The van der Waals surface area contributed by atoms with Gasteiger partial charge in [0.2, 0.25) is 5.91 Å². The second-order valence-electron chi connectivity index (χ2n) is 5.18. The maximum absolute atomic E-state index is 12.2. The molecule has 1 heterocycles. The van der Waals surface area contributed by atoms with Crippen molar-refractivity contribution < 1.29 is 4.79 Å². The highest BCUT2D eigenvalue weighted by Gasteiger charge is 2.29. The van der Waals surface area contributed by atoms with E-state index in [1.54, 1.807) is 0 Å². The van der Waals surface area contributed by atoms with Crippen LogP contribution in [-0.4, -0.2) is 12.5 Å². The Kier molecular flexibility index (Phi) is 2.54. The Hall–Kier alpha value is -1.51. The van der Waals surface area contributed by atoms with E-state index in [4.69, 9.17) is 5.73 Å². The zero-order chi connectivity index (χ0) is 11.8. The predicted molar refractivity (Wildman–Crippen MR) is 68.9 cm³/mol. The third-order valence-corrected chi connectivity index (χ3v) is 3.68. The van der Waals surface area contributed by atoms with Crippen LogP contribution in [0.25, 0.3) is 0 Å². The van der Waals surface area contributed by atoms with Crippen molar-refractivity contribution >= 4 is 17.3 Å². The van der Waals surface area contributed by atoms with Gasteiger partial charge in [0.1, 0.15) is 0 Å². The van der Waals surface area contributed by atoms with E-state index < -0.39 is 0 Å². The minimum atomic E-state index is 0.290. The molecule has 0 spiro atoms. The van der Waals surface area contributed by atoms with Crippen molar-refractivity contribution in [3.63, 3.8) is 0 Å². The molecule has 1 aliphatic carbocycles. The molecular weight excluding hydrogens is 212 g/mol. The highest BCUT2D eigenvalue weighted by atomic mass is 16.2. The van der Waals surface area contributed by atoms with Crippen molar-refractivity contribution in [1.29, 1.82) is 0 Å². The number of benzene rings is 1. The number of rotatable bonds is 2. The first kappa shape index (κ1) is 10.6. The lowest BCUT2D eigenvalue weighted by molar-refractivity contribution is -0.119. The van der Waals surface area contributed by atoms with Crippen molar-refractivity contribution in [1.82, 2.24) is 0 Å². The van der Waals surface area contributed by atoms with E-state index in [0.29, 0.717) is 11.8 Å². The van der Waals surface area contributed by atoms with Gasteiger partial charge in [0.05, 0.1) is 0 Å². The maximum Gasteiger partial charge on any atom is 0.227 e. The van der Waals surface area contributed by atoms with E-state index in [2.05, 4.69) is 0 Å². The lowest BCUT2D eigenvalue weighted by Gasteiger charge is -2.29. The van der Waals surface area contributed by atoms with Crippen LogP contribution in [0.1, 0.15) is 31.2 Å². The number of hydrogen-bond donors (Lipinski definition) is 1. The first-order chi connectivity index (χ1) is 8.24. The fraction of sp³-hybridized carbons (Fsp3) is 0.500. The molecule has 0 unspecified atom stereocenters. The van der Waals surface area contributed by atoms with Crippen LogP contribution < -0.4 is 10.6 Å². The molecule has 0 atom stereocenters. The fourth-order valence-electron chi connectivity index (χ4n) is 2.56. The summed E-state index contributed by atoms with van der Waals surface area (Å²) in [5.74, 6) is 0.944. The summed E-state index contributed by atoms with van der Waals surface area (Å²) >= 11 is 0. The van der Waals surface area contributed by atoms with Gasteiger partial charge in [-0.25, -0.2) is 0 Å². The average Bonchev–Trinajstić information content (AvgIpc) is 3.11. The summed E-state index contributed by atoms with van der Waals surface area (Å²) < 4.78 is 0. The summed E-state index contributed by atoms with van der Waals surface area (Å²) in [5, 5.41) is 0. The standard InChI is InChI=1S/C14H18N2O/c15-12-5-6-13-11(9-12)2-1-7-16(13)14(17)8-10-3-4-10/h5-6,9-10H,1-4,7-8,15H2. The molecule has 0 bridgehead atoms. The summed E-state index contributed by atoms with van der Waals surface area (Å²) in [6.45, 7) is 0.864. The van der Waals surface area contributed by atoms with E-state index in [1.807, 2.05) is 23.1 Å². The van der Waals surface area contributed by atoms with Gasteiger partial charge in [-0.05, 0) is 55.4 Å². The molecule has 3 rings (SSSR count). The highest BCUT2D eigenvalue weighted by molar-refractivity contribution is 5.95. The molecule has 1 aromatic carbocycles. The summed E-state index contributed by atoms with van der Waals surface area (Å²) in [4.78, 5) is 14.1. The second kappa shape index (κ2) is 4.06. The molecule has 3 heteroatoms. The number of amides is 1. The molecule has 1 aromatic rings. The van der Waals surface area contributed by atoms with E-state index in [1.165, 1.54) is 18.4 Å². The minimum absolute atomic E-state index is 0.290. The van der Waals surface area contributed by atoms with Crippen molar-refractivity contribution in [2.24, 2.45) is 5.92 Å². The van der Waals surface area contributed by atoms with Crippen molar-refractivity contribution in [3.8, 4) is 0 Å². The van der Waals surface area contributed by atoms with Gasteiger partial charge in [-0.1, -0.05) is 0 Å². The lowest BCUT2D eigenvalue weighted by Crippen LogP contribution is -2.35. The number of aryl methyl sites for hydroxylation is 1. The molecule has 2 aliphatic rings. The molecule has 1 amide bonds. The quantitative estimate of drug-likeness (QED) is 0.793. The SMILES string of the molecule is Nc1ccc2c(c1)CCCN2C(=O)CC1CC1. The lowest BCUT2D eigenvalue weighted by atomic mass is 10.0. The summed E-state index contributed by atoms with van der Waals surface area (Å²) in [6.07, 6.45) is 5.27. The van der Waals surface area contributed by atoms with Gasteiger partial charge >= 0.3 is 0 Å². The summed E-state index contributed by atoms with van der Waals surface area (Å²) in [6, 6.07) is 5.89. The van der Waals surface area contributed by atoms with Gasteiger partial charge in [-0.2, -0.15) is 0 Å². The van der Waals surface area contributed by atoms with Crippen LogP contribution in [0.15, 0.2) is 18.2 Å². The molecule has 3 nitrogen and oxygen atoms in total. The van der Waals surface area contributed by atoms with Crippen LogP contribution >= 0.6 is 0 Å². The van der Waals surface area contributed by atoms with Crippen LogP contribution in [-0.2, 0) is 11.2 Å². The zero-order valence-corrected chi connectivity index (χ0v) is 9.98. The molecular formula is C14H18N2O. The number of nitrogens with two attached hydrogens (primary N) is 1. The van der Waals surface area contributed by atoms with Gasteiger partial charge < -0.3 is 10.6 Å². The van der Waals surface area contributed by atoms with Gasteiger partial charge in [0.15, 0.2) is 0 Å². The molecule has 17 heavy (non-hydrogen) atoms. The van der Waals surface area contributed by atoms with Crippen molar-refractivity contribution in [3.05, 3.63) is 23.8 Å². The number of nitrogen functional groups attached to an aromatic ring is 1. The van der Waals surface area contributed by atoms with Crippen molar-refractivity contribution in [2.75, 3.05) is 17.2 Å². The monoisotopic (exact) mass is 230 g/mol. The number of nitrogens with zero attached hydrogens (tertiary/aromatic N) is 1. The van der Waals surface area contributed by atoms with Crippen LogP contribution in [0, 0.1) is 5.92 Å². The zero-order valence-electron chi connectivity index (χ0n) is 9.98. The van der Waals surface area contributed by atoms with E-state index in [9.17, 15) is 4.79 Å². The largest absolute Gasteiger partial charge is 0.399 e. The topological polar surface area (TPSA) is 46.3 Å².